The number of pyridine rings is 1. The Balaban J connectivity index is 1.57. The molecule has 0 radical (unpaired) electrons. The van der Waals surface area contributed by atoms with Crippen LogP contribution in [-0.4, -0.2) is 18.0 Å². The molecule has 30 heavy (non-hydrogen) atoms. The van der Waals surface area contributed by atoms with Crippen molar-refractivity contribution in [2.45, 2.75) is 13.2 Å². The number of methoxy groups -OCH3 is 1. The zero-order valence-corrected chi connectivity index (χ0v) is 17.9. The molecule has 0 fully saturated rings. The summed E-state index contributed by atoms with van der Waals surface area (Å²) in [5.41, 5.74) is 2.17. The number of benzene rings is 2. The van der Waals surface area contributed by atoms with Crippen molar-refractivity contribution < 1.29 is 18.7 Å². The molecule has 3 aromatic rings. The van der Waals surface area contributed by atoms with Crippen LogP contribution in [0, 0.1) is 5.82 Å². The minimum absolute atomic E-state index is 0.297. The third-order valence-electron chi connectivity index (χ3n) is 4.21. The van der Waals surface area contributed by atoms with Crippen molar-refractivity contribution in [3.05, 3.63) is 94.0 Å². The van der Waals surface area contributed by atoms with E-state index in [2.05, 4.69) is 26.2 Å². The fraction of sp³-hybridized carbons (Fsp3) is 0.130. The van der Waals surface area contributed by atoms with Gasteiger partial charge in [0.15, 0.2) is 11.5 Å². The molecule has 7 heteroatoms. The van der Waals surface area contributed by atoms with E-state index in [1.807, 2.05) is 18.2 Å². The molecule has 0 bridgehead atoms. The van der Waals surface area contributed by atoms with Crippen LogP contribution < -0.4 is 14.8 Å². The van der Waals surface area contributed by atoms with Crippen LogP contribution in [0.3, 0.4) is 0 Å². The first kappa shape index (κ1) is 21.5. The summed E-state index contributed by atoms with van der Waals surface area (Å²) >= 11 is 3.28. The van der Waals surface area contributed by atoms with Crippen molar-refractivity contribution in [1.29, 1.82) is 0 Å². The molecular weight excluding hydrogens is 451 g/mol. The van der Waals surface area contributed by atoms with Gasteiger partial charge in [-0.1, -0.05) is 22.0 Å². The predicted molar refractivity (Wildman–Crippen MR) is 117 cm³/mol. The minimum Gasteiger partial charge on any atom is -0.493 e. The summed E-state index contributed by atoms with van der Waals surface area (Å²) in [6.45, 7) is 0.692. The Bertz CT molecular complexity index is 1040. The number of aromatic nitrogens is 1. The molecule has 0 saturated heterocycles. The van der Waals surface area contributed by atoms with Gasteiger partial charge in [-0.25, -0.2) is 4.39 Å². The maximum Gasteiger partial charge on any atom is 0.244 e. The molecule has 2 aromatic carbocycles. The molecule has 0 saturated carbocycles. The Hall–Kier alpha value is -3.19. The molecule has 1 amide bonds. The van der Waals surface area contributed by atoms with Crippen LogP contribution in [0.15, 0.2) is 71.5 Å². The van der Waals surface area contributed by atoms with Crippen molar-refractivity contribution in [2.24, 2.45) is 0 Å². The SMILES string of the molecule is COc1cc(CNC(=O)/C=C/c2cc(Br)ccc2F)ccc1OCc1ccncc1. The van der Waals surface area contributed by atoms with Crippen molar-refractivity contribution in [1.82, 2.24) is 10.3 Å². The quantitative estimate of drug-likeness (QED) is 0.475. The number of nitrogens with one attached hydrogen (secondary N) is 1. The second-order valence-electron chi connectivity index (χ2n) is 6.35. The molecule has 1 aromatic heterocycles. The van der Waals surface area contributed by atoms with Crippen molar-refractivity contribution >= 4 is 27.9 Å². The number of rotatable bonds is 8. The molecule has 0 atom stereocenters. The molecule has 0 aliphatic heterocycles. The Labute approximate surface area is 182 Å². The molecule has 0 aliphatic rings. The van der Waals surface area contributed by atoms with Gasteiger partial charge in [-0.3, -0.25) is 9.78 Å². The van der Waals surface area contributed by atoms with E-state index in [0.29, 0.717) is 30.2 Å². The van der Waals surface area contributed by atoms with Crippen molar-refractivity contribution in [2.75, 3.05) is 7.11 Å². The smallest absolute Gasteiger partial charge is 0.244 e. The number of halogens is 2. The highest BCUT2D eigenvalue weighted by Crippen LogP contribution is 2.28. The van der Waals surface area contributed by atoms with E-state index in [4.69, 9.17) is 9.47 Å². The van der Waals surface area contributed by atoms with Gasteiger partial charge in [0.1, 0.15) is 12.4 Å². The highest BCUT2D eigenvalue weighted by atomic mass is 79.9. The van der Waals surface area contributed by atoms with Crippen LogP contribution in [-0.2, 0) is 17.9 Å². The van der Waals surface area contributed by atoms with Crippen LogP contribution in [0.1, 0.15) is 16.7 Å². The average molecular weight is 471 g/mol. The normalized spacial score (nSPS) is 10.8. The van der Waals surface area contributed by atoms with Gasteiger partial charge in [0.2, 0.25) is 5.91 Å². The summed E-state index contributed by atoms with van der Waals surface area (Å²) < 4.78 is 25.7. The van der Waals surface area contributed by atoms with Crippen LogP contribution >= 0.6 is 15.9 Å². The number of carbonyl (C=O) groups excluding carboxylic acids is 1. The van der Waals surface area contributed by atoms with E-state index >= 15 is 0 Å². The topological polar surface area (TPSA) is 60.5 Å². The Kier molecular flexibility index (Phi) is 7.57. The lowest BCUT2D eigenvalue weighted by atomic mass is 10.2. The molecule has 154 valence electrons. The third-order valence-corrected chi connectivity index (χ3v) is 4.70. The summed E-state index contributed by atoms with van der Waals surface area (Å²) in [6.07, 6.45) is 6.16. The van der Waals surface area contributed by atoms with Gasteiger partial charge in [0.05, 0.1) is 7.11 Å². The van der Waals surface area contributed by atoms with Crippen LogP contribution in [0.4, 0.5) is 4.39 Å². The molecule has 0 unspecified atom stereocenters. The number of amides is 1. The molecule has 1 N–H and O–H groups in total. The highest BCUT2D eigenvalue weighted by Gasteiger charge is 2.07. The van der Waals surface area contributed by atoms with Gasteiger partial charge in [0.25, 0.3) is 0 Å². The van der Waals surface area contributed by atoms with Crippen molar-refractivity contribution in [3.63, 3.8) is 0 Å². The maximum absolute atomic E-state index is 13.7. The van der Waals surface area contributed by atoms with Gasteiger partial charge in [-0.05, 0) is 59.7 Å². The van der Waals surface area contributed by atoms with E-state index < -0.39 is 5.82 Å². The summed E-state index contributed by atoms with van der Waals surface area (Å²) in [5.74, 6) is 0.456. The second kappa shape index (κ2) is 10.5. The minimum atomic E-state index is -0.394. The van der Waals surface area contributed by atoms with Crippen molar-refractivity contribution in [3.8, 4) is 11.5 Å². The maximum atomic E-state index is 13.7. The average Bonchev–Trinajstić information content (AvgIpc) is 2.77. The number of ether oxygens (including phenoxy) is 2. The van der Waals surface area contributed by atoms with Gasteiger partial charge >= 0.3 is 0 Å². The Morgan fingerprint density at radius 3 is 2.67 bits per heavy atom. The Morgan fingerprint density at radius 2 is 1.90 bits per heavy atom. The zero-order valence-electron chi connectivity index (χ0n) is 16.3. The standard InChI is InChI=1S/C23H20BrFN2O3/c1-29-22-12-17(2-6-21(22)30-15-16-8-10-26-11-9-16)14-27-23(28)7-3-18-13-19(24)4-5-20(18)25/h2-13H,14-15H2,1H3,(H,27,28)/b7-3+. The van der Waals surface area contributed by atoms with Gasteiger partial charge in [0, 0.05) is 35.1 Å². The fourth-order valence-electron chi connectivity index (χ4n) is 2.64. The number of hydrogen-bond acceptors (Lipinski definition) is 4. The summed E-state index contributed by atoms with van der Waals surface area (Å²) in [5, 5.41) is 2.77. The van der Waals surface area contributed by atoms with Gasteiger partial charge in [-0.2, -0.15) is 0 Å². The Morgan fingerprint density at radius 1 is 1.10 bits per heavy atom. The van der Waals surface area contributed by atoms with E-state index in [-0.39, 0.29) is 5.91 Å². The van der Waals surface area contributed by atoms with Gasteiger partial charge < -0.3 is 14.8 Å². The lowest BCUT2D eigenvalue weighted by Crippen LogP contribution is -2.20. The summed E-state index contributed by atoms with van der Waals surface area (Å²) in [6, 6.07) is 13.8. The first-order valence-electron chi connectivity index (χ1n) is 9.15. The molecule has 0 aliphatic carbocycles. The van der Waals surface area contributed by atoms with Gasteiger partial charge in [-0.15, -0.1) is 0 Å². The molecular formula is C23H20BrFN2O3. The monoisotopic (exact) mass is 470 g/mol. The van der Waals surface area contributed by atoms with E-state index in [1.54, 1.807) is 43.8 Å². The number of hydrogen-bond donors (Lipinski definition) is 1. The lowest BCUT2D eigenvalue weighted by Gasteiger charge is -2.12. The number of carbonyl (C=O) groups is 1. The van der Waals surface area contributed by atoms with Crippen LogP contribution in [0.2, 0.25) is 0 Å². The second-order valence-corrected chi connectivity index (χ2v) is 7.26. The third kappa shape index (κ3) is 6.15. The summed E-state index contributed by atoms with van der Waals surface area (Å²) in [7, 11) is 1.56. The lowest BCUT2D eigenvalue weighted by molar-refractivity contribution is -0.116. The predicted octanol–water partition coefficient (Wildman–Crippen LogP) is 4.90. The fourth-order valence-corrected chi connectivity index (χ4v) is 3.02. The highest BCUT2D eigenvalue weighted by molar-refractivity contribution is 9.10. The van der Waals surface area contributed by atoms with Crippen LogP contribution in [0.25, 0.3) is 6.08 Å². The number of nitrogens with zero attached hydrogens (tertiary/aromatic N) is 1. The van der Waals surface area contributed by atoms with E-state index in [0.717, 1.165) is 15.6 Å². The molecule has 5 nitrogen and oxygen atoms in total. The first-order chi connectivity index (χ1) is 14.5. The van der Waals surface area contributed by atoms with E-state index in [9.17, 15) is 9.18 Å². The largest absolute Gasteiger partial charge is 0.493 e. The molecule has 3 rings (SSSR count). The first-order valence-corrected chi connectivity index (χ1v) is 9.94. The molecule has 0 spiro atoms. The summed E-state index contributed by atoms with van der Waals surface area (Å²) in [4.78, 5) is 16.1. The molecule has 1 heterocycles. The zero-order chi connectivity index (χ0) is 21.3. The van der Waals surface area contributed by atoms with Crippen LogP contribution in [0.5, 0.6) is 11.5 Å². The van der Waals surface area contributed by atoms with E-state index in [1.165, 1.54) is 18.2 Å².